The number of hydrogen-bond donors (Lipinski definition) is 0. The molecule has 0 N–H and O–H groups in total. The predicted octanol–water partition coefficient (Wildman–Crippen LogP) is 4.58. The van der Waals surface area contributed by atoms with Gasteiger partial charge in [0.15, 0.2) is 0 Å². The maximum absolute atomic E-state index is 15.1. The summed E-state index contributed by atoms with van der Waals surface area (Å²) in [6.07, 6.45) is 1.37. The number of piperidine rings is 1. The average molecular weight is 713 g/mol. The number of para-hydroxylation sites is 1. The zero-order valence-corrected chi connectivity index (χ0v) is 29.6. The maximum Gasteiger partial charge on any atom is 0.411 e. The molecule has 49 heavy (non-hydrogen) atoms. The fourth-order valence-electron chi connectivity index (χ4n) is 6.94. The van der Waals surface area contributed by atoms with Crippen molar-refractivity contribution < 1.29 is 37.0 Å². The number of carbonyl (C=O) groups is 2. The molecule has 1 unspecified atom stereocenters. The number of nitrogens with zero attached hydrogens (tertiary/aromatic N) is 4. The second-order valence-electron chi connectivity index (χ2n) is 12.3. The van der Waals surface area contributed by atoms with Gasteiger partial charge in [-0.1, -0.05) is 29.8 Å². The van der Waals surface area contributed by atoms with Crippen LogP contribution < -0.4 is 18.5 Å². The van der Waals surface area contributed by atoms with E-state index in [4.69, 9.17) is 30.5 Å². The molecule has 3 heterocycles. The number of fused-ring (bicyclic) bond motifs is 1. The zero-order chi connectivity index (χ0) is 34.9. The van der Waals surface area contributed by atoms with Crippen molar-refractivity contribution in [2.45, 2.75) is 36.3 Å². The van der Waals surface area contributed by atoms with Crippen LogP contribution in [0, 0.1) is 0 Å². The number of methoxy groups -OCH3 is 2. The van der Waals surface area contributed by atoms with Crippen LogP contribution in [0.25, 0.3) is 0 Å². The minimum atomic E-state index is -4.67. The summed E-state index contributed by atoms with van der Waals surface area (Å²) in [4.78, 5) is 35.3. The number of hydrogen-bond acceptors (Lipinski definition) is 10. The van der Waals surface area contributed by atoms with Crippen LogP contribution in [0.1, 0.15) is 30.9 Å². The number of piperazine rings is 1. The number of rotatable bonds is 9. The van der Waals surface area contributed by atoms with Crippen molar-refractivity contribution in [1.82, 2.24) is 14.7 Å². The number of carbonyl (C=O) groups excluding carboxylic acids is 2. The number of halogens is 1. The molecule has 0 bridgehead atoms. The van der Waals surface area contributed by atoms with Gasteiger partial charge in [-0.15, -0.1) is 0 Å². The molecule has 0 saturated carbocycles. The summed E-state index contributed by atoms with van der Waals surface area (Å²) < 4.78 is 52.8. The van der Waals surface area contributed by atoms with Gasteiger partial charge in [0.2, 0.25) is 5.60 Å². The molecule has 262 valence electrons. The zero-order valence-electron chi connectivity index (χ0n) is 28.1. The van der Waals surface area contributed by atoms with E-state index in [1.54, 1.807) is 36.1 Å². The largest absolute Gasteiger partial charge is 0.497 e. The van der Waals surface area contributed by atoms with Crippen molar-refractivity contribution >= 4 is 39.3 Å². The Bertz CT molecular complexity index is 1830. The lowest BCUT2D eigenvalue weighted by Gasteiger charge is -2.42. The highest BCUT2D eigenvalue weighted by atomic mass is 35.5. The van der Waals surface area contributed by atoms with Crippen molar-refractivity contribution in [3.8, 4) is 17.2 Å². The lowest BCUT2D eigenvalue weighted by molar-refractivity contribution is -0.132. The summed E-state index contributed by atoms with van der Waals surface area (Å²) in [6, 6.07) is 15.6. The van der Waals surface area contributed by atoms with Crippen molar-refractivity contribution in [2.75, 3.05) is 71.4 Å². The third-order valence-electron chi connectivity index (χ3n) is 9.51. The van der Waals surface area contributed by atoms with E-state index >= 15 is 4.79 Å². The van der Waals surface area contributed by atoms with E-state index < -0.39 is 27.6 Å². The molecule has 0 aromatic heterocycles. The molecule has 2 saturated heterocycles. The molecule has 0 aliphatic carbocycles. The number of ether oxygens (including phenoxy) is 4. The first-order valence-corrected chi connectivity index (χ1v) is 18.1. The van der Waals surface area contributed by atoms with Crippen LogP contribution in [0.3, 0.4) is 0 Å². The fourth-order valence-corrected chi connectivity index (χ4v) is 8.71. The quantitative estimate of drug-likeness (QED) is 0.312. The van der Waals surface area contributed by atoms with Crippen LogP contribution >= 0.6 is 11.6 Å². The smallest absolute Gasteiger partial charge is 0.411 e. The summed E-state index contributed by atoms with van der Waals surface area (Å²) in [6.45, 7) is 6.16. The van der Waals surface area contributed by atoms with Gasteiger partial charge in [0.1, 0.15) is 22.1 Å². The van der Waals surface area contributed by atoms with E-state index in [0.717, 1.165) is 25.9 Å². The standard InChI is InChI=1S/C35H41ClN4O8S/c1-5-47-30-9-7-6-8-27(30)35(48-34(42)39-20-18-38(19-21-39)25-14-16-37(2)17-15-25)28-22-24(36)10-12-29(28)40(33(35)41)49(43,44)32-13-11-26(45-3)23-31(32)46-4/h6-13,22-23,25H,5,14-21H2,1-4H3. The second kappa shape index (κ2) is 14.1. The Balaban J connectivity index is 1.43. The number of benzene rings is 3. The van der Waals surface area contributed by atoms with Crippen LogP contribution in [0.4, 0.5) is 10.5 Å². The normalized spacial score (nSPS) is 20.6. The molecule has 3 aromatic rings. The van der Waals surface area contributed by atoms with Gasteiger partial charge in [0.25, 0.3) is 15.9 Å². The van der Waals surface area contributed by atoms with E-state index in [2.05, 4.69) is 16.8 Å². The molecule has 6 rings (SSSR count). The summed E-state index contributed by atoms with van der Waals surface area (Å²) in [5.41, 5.74) is -2.02. The van der Waals surface area contributed by atoms with Crippen LogP contribution in [-0.4, -0.2) is 108 Å². The van der Waals surface area contributed by atoms with Gasteiger partial charge in [0.05, 0.1) is 32.1 Å². The Kier molecular flexibility index (Phi) is 9.99. The minimum absolute atomic E-state index is 0.0153. The van der Waals surface area contributed by atoms with E-state index in [9.17, 15) is 13.2 Å². The first-order valence-electron chi connectivity index (χ1n) is 16.3. The number of amides is 2. The predicted molar refractivity (Wildman–Crippen MR) is 184 cm³/mol. The third-order valence-corrected chi connectivity index (χ3v) is 11.5. The topological polar surface area (TPSA) is 118 Å². The van der Waals surface area contributed by atoms with Crippen molar-refractivity contribution in [3.63, 3.8) is 0 Å². The Morgan fingerprint density at radius 3 is 2.29 bits per heavy atom. The molecule has 2 amide bonds. The monoisotopic (exact) mass is 712 g/mol. The minimum Gasteiger partial charge on any atom is -0.497 e. The summed E-state index contributed by atoms with van der Waals surface area (Å²) in [7, 11) is 0.226. The van der Waals surface area contributed by atoms with Gasteiger partial charge in [-0.3, -0.25) is 9.69 Å². The number of sulfonamides is 1. The highest BCUT2D eigenvalue weighted by Gasteiger charge is 2.61. The number of anilines is 1. The van der Waals surface area contributed by atoms with Gasteiger partial charge in [-0.2, -0.15) is 4.31 Å². The summed E-state index contributed by atoms with van der Waals surface area (Å²) >= 11 is 6.53. The molecule has 2 fully saturated rings. The molecular weight excluding hydrogens is 672 g/mol. The molecule has 1 atom stereocenters. The molecule has 0 spiro atoms. The van der Waals surface area contributed by atoms with Gasteiger partial charge in [-0.05, 0) is 76.3 Å². The summed E-state index contributed by atoms with van der Waals surface area (Å²) in [5.74, 6) is -0.437. The van der Waals surface area contributed by atoms with Crippen LogP contribution in [0.5, 0.6) is 17.2 Å². The Hall–Kier alpha value is -4.04. The van der Waals surface area contributed by atoms with Crippen molar-refractivity contribution in [1.29, 1.82) is 0 Å². The van der Waals surface area contributed by atoms with Gasteiger partial charge < -0.3 is 28.7 Å². The van der Waals surface area contributed by atoms with Crippen LogP contribution in [0.15, 0.2) is 65.6 Å². The van der Waals surface area contributed by atoms with E-state index in [-0.39, 0.29) is 44.8 Å². The molecular formula is C35H41ClN4O8S. The molecule has 3 aliphatic heterocycles. The maximum atomic E-state index is 15.1. The average Bonchev–Trinajstić information content (AvgIpc) is 3.36. The summed E-state index contributed by atoms with van der Waals surface area (Å²) in [5, 5.41) is 0.217. The highest BCUT2D eigenvalue weighted by molar-refractivity contribution is 7.93. The molecule has 3 aromatic carbocycles. The Morgan fingerprint density at radius 2 is 1.61 bits per heavy atom. The Labute approximate surface area is 292 Å². The highest BCUT2D eigenvalue weighted by Crippen LogP contribution is 2.52. The number of likely N-dealkylation sites (tertiary alicyclic amines) is 1. The molecule has 0 radical (unpaired) electrons. The fraction of sp³-hybridized carbons (Fsp3) is 0.429. The Morgan fingerprint density at radius 1 is 0.898 bits per heavy atom. The van der Waals surface area contributed by atoms with Gasteiger partial charge in [0, 0.05) is 48.9 Å². The first kappa shape index (κ1) is 34.8. The van der Waals surface area contributed by atoms with Gasteiger partial charge >= 0.3 is 6.09 Å². The van der Waals surface area contributed by atoms with Crippen molar-refractivity contribution in [3.05, 3.63) is 76.8 Å². The molecule has 14 heteroatoms. The lowest BCUT2D eigenvalue weighted by Crippen LogP contribution is -2.55. The van der Waals surface area contributed by atoms with E-state index in [1.807, 2.05) is 0 Å². The first-order chi connectivity index (χ1) is 23.5. The van der Waals surface area contributed by atoms with Crippen molar-refractivity contribution in [2.24, 2.45) is 0 Å². The molecule has 3 aliphatic rings. The van der Waals surface area contributed by atoms with E-state index in [1.165, 1.54) is 50.6 Å². The SMILES string of the molecule is CCOc1ccccc1C1(OC(=O)N2CCN(C3CCN(C)CC3)CC2)C(=O)N(S(=O)(=O)c2ccc(OC)cc2OC)c2ccc(Cl)cc21. The van der Waals surface area contributed by atoms with Crippen LogP contribution in [-0.2, 0) is 25.2 Å². The van der Waals surface area contributed by atoms with Gasteiger partial charge in [-0.25, -0.2) is 13.2 Å². The van der Waals surface area contributed by atoms with Crippen LogP contribution in [0.2, 0.25) is 5.02 Å². The van der Waals surface area contributed by atoms with E-state index in [0.29, 0.717) is 42.3 Å². The molecule has 12 nitrogen and oxygen atoms in total. The lowest BCUT2D eigenvalue weighted by atomic mass is 9.86. The third kappa shape index (κ3) is 6.29. The second-order valence-corrected chi connectivity index (χ2v) is 14.5.